The van der Waals surface area contributed by atoms with Gasteiger partial charge >= 0.3 is 0 Å². The van der Waals surface area contributed by atoms with Crippen molar-refractivity contribution in [3.63, 3.8) is 0 Å². The molecule has 0 amide bonds. The van der Waals surface area contributed by atoms with E-state index in [9.17, 15) is 0 Å². The summed E-state index contributed by atoms with van der Waals surface area (Å²) in [6.45, 7) is 3.82. The zero-order valence-electron chi connectivity index (χ0n) is 14.6. The maximum absolute atomic E-state index is 4.78. The molecule has 3 N–H and O–H groups in total. The number of hydrogen-bond donors (Lipinski definition) is 3. The number of aromatic amines is 1. The number of para-hydroxylation sites is 1. The van der Waals surface area contributed by atoms with Crippen LogP contribution in [0.5, 0.6) is 0 Å². The summed E-state index contributed by atoms with van der Waals surface area (Å²) in [7, 11) is 0. The van der Waals surface area contributed by atoms with Crippen LogP contribution in [0.3, 0.4) is 0 Å². The highest BCUT2D eigenvalue weighted by atomic mass is 32.2. The smallest absolute Gasteiger partial charge is 0.191 e. The molecule has 0 bridgehead atoms. The zero-order valence-corrected chi connectivity index (χ0v) is 15.5. The van der Waals surface area contributed by atoms with Crippen molar-refractivity contribution in [2.24, 2.45) is 4.99 Å². The van der Waals surface area contributed by atoms with E-state index >= 15 is 0 Å². The lowest BCUT2D eigenvalue weighted by Crippen LogP contribution is -2.42. The Balaban J connectivity index is 1.57. The molecule has 1 saturated carbocycles. The fraction of sp³-hybridized carbons (Fsp3) is 0.526. The molecule has 3 rings (SSSR count). The van der Waals surface area contributed by atoms with Gasteiger partial charge in [-0.1, -0.05) is 18.2 Å². The van der Waals surface area contributed by atoms with Gasteiger partial charge in [0.05, 0.1) is 0 Å². The van der Waals surface area contributed by atoms with Crippen LogP contribution in [0.4, 0.5) is 0 Å². The van der Waals surface area contributed by atoms with E-state index < -0.39 is 0 Å². The second kappa shape index (κ2) is 8.47. The quantitative estimate of drug-likeness (QED) is 0.555. The first kappa shape index (κ1) is 17.2. The van der Waals surface area contributed by atoms with Crippen LogP contribution in [-0.4, -0.2) is 41.6 Å². The second-order valence-corrected chi connectivity index (χ2v) is 7.52. The second-order valence-electron chi connectivity index (χ2n) is 6.38. The summed E-state index contributed by atoms with van der Waals surface area (Å²) < 4.78 is 0. The van der Waals surface area contributed by atoms with Crippen molar-refractivity contribution in [1.82, 2.24) is 15.6 Å². The van der Waals surface area contributed by atoms with Crippen molar-refractivity contribution < 1.29 is 0 Å². The molecule has 1 aliphatic carbocycles. The first-order valence-corrected chi connectivity index (χ1v) is 10.2. The van der Waals surface area contributed by atoms with Gasteiger partial charge in [0.15, 0.2) is 5.96 Å². The van der Waals surface area contributed by atoms with E-state index in [1.165, 1.54) is 35.7 Å². The van der Waals surface area contributed by atoms with Gasteiger partial charge in [-0.3, -0.25) is 4.99 Å². The molecule has 2 aromatic rings. The van der Waals surface area contributed by atoms with Crippen LogP contribution in [-0.2, 0) is 6.42 Å². The fourth-order valence-electron chi connectivity index (χ4n) is 3.43. The molecule has 130 valence electrons. The van der Waals surface area contributed by atoms with E-state index in [4.69, 9.17) is 4.99 Å². The number of guanidine groups is 1. The van der Waals surface area contributed by atoms with E-state index in [-0.39, 0.29) is 0 Å². The van der Waals surface area contributed by atoms with E-state index in [2.05, 4.69) is 59.3 Å². The number of thioether (sulfide) groups is 1. The normalized spacial score (nSPS) is 21.3. The number of nitrogens with zero attached hydrogens (tertiary/aromatic N) is 1. The summed E-state index contributed by atoms with van der Waals surface area (Å²) in [6, 6.07) is 9.02. The minimum atomic E-state index is 0.563. The summed E-state index contributed by atoms with van der Waals surface area (Å²) in [5.41, 5.74) is 2.55. The molecule has 0 spiro atoms. The number of rotatable bonds is 6. The Kier molecular flexibility index (Phi) is 6.07. The Bertz CT molecular complexity index is 679. The third kappa shape index (κ3) is 4.26. The van der Waals surface area contributed by atoms with Crippen LogP contribution in [0.15, 0.2) is 35.5 Å². The molecule has 2 unspecified atom stereocenters. The number of benzene rings is 1. The molecular formula is C19H28N4S. The molecule has 1 fully saturated rings. The minimum absolute atomic E-state index is 0.563. The average molecular weight is 345 g/mol. The van der Waals surface area contributed by atoms with Crippen molar-refractivity contribution in [3.05, 3.63) is 36.0 Å². The highest BCUT2D eigenvalue weighted by molar-refractivity contribution is 7.99. The van der Waals surface area contributed by atoms with E-state index in [0.29, 0.717) is 6.04 Å². The highest BCUT2D eigenvalue weighted by Crippen LogP contribution is 2.28. The first-order chi connectivity index (χ1) is 11.8. The molecule has 1 aromatic heterocycles. The molecule has 0 radical (unpaired) electrons. The Hall–Kier alpha value is -1.62. The van der Waals surface area contributed by atoms with Crippen molar-refractivity contribution in [2.75, 3.05) is 19.3 Å². The predicted octanol–water partition coefficient (Wildman–Crippen LogP) is 3.55. The molecule has 0 saturated heterocycles. The van der Waals surface area contributed by atoms with Crippen LogP contribution in [0.2, 0.25) is 0 Å². The van der Waals surface area contributed by atoms with Gasteiger partial charge in [-0.2, -0.15) is 11.8 Å². The Morgan fingerprint density at radius 2 is 2.21 bits per heavy atom. The Labute approximate surface area is 148 Å². The third-order valence-electron chi connectivity index (χ3n) is 4.73. The SMILES string of the molecule is CCNC(=NCCc1c[nH]c2ccccc12)NC1CCC(SC)C1. The van der Waals surface area contributed by atoms with Gasteiger partial charge in [0, 0.05) is 41.5 Å². The number of nitrogens with one attached hydrogen (secondary N) is 3. The van der Waals surface area contributed by atoms with Crippen molar-refractivity contribution in [2.45, 2.75) is 43.9 Å². The zero-order chi connectivity index (χ0) is 16.8. The average Bonchev–Trinajstić information content (AvgIpc) is 3.22. The van der Waals surface area contributed by atoms with Crippen molar-refractivity contribution in [3.8, 4) is 0 Å². The Morgan fingerprint density at radius 3 is 3.00 bits per heavy atom. The van der Waals surface area contributed by atoms with Crippen LogP contribution >= 0.6 is 11.8 Å². The summed E-state index contributed by atoms with van der Waals surface area (Å²) in [5.74, 6) is 0.962. The molecule has 1 heterocycles. The van der Waals surface area contributed by atoms with Gasteiger partial charge in [-0.15, -0.1) is 0 Å². The Morgan fingerprint density at radius 1 is 1.33 bits per heavy atom. The van der Waals surface area contributed by atoms with Gasteiger partial charge in [0.25, 0.3) is 0 Å². The third-order valence-corrected chi connectivity index (χ3v) is 5.82. The topological polar surface area (TPSA) is 52.2 Å². The molecule has 1 aliphatic rings. The first-order valence-electron chi connectivity index (χ1n) is 8.92. The summed E-state index contributed by atoms with van der Waals surface area (Å²) in [4.78, 5) is 8.12. The lowest BCUT2D eigenvalue weighted by molar-refractivity contribution is 0.615. The van der Waals surface area contributed by atoms with Crippen LogP contribution in [0, 0.1) is 0 Å². The minimum Gasteiger partial charge on any atom is -0.361 e. The molecule has 4 nitrogen and oxygen atoms in total. The van der Waals surface area contributed by atoms with Gasteiger partial charge in [0.2, 0.25) is 0 Å². The molecular weight excluding hydrogens is 316 g/mol. The summed E-state index contributed by atoms with van der Waals surface area (Å²) in [6.07, 6.45) is 9.09. The van der Waals surface area contributed by atoms with Gasteiger partial charge < -0.3 is 15.6 Å². The van der Waals surface area contributed by atoms with E-state index in [1.807, 2.05) is 11.8 Å². The molecule has 0 aliphatic heterocycles. The number of hydrogen-bond acceptors (Lipinski definition) is 2. The van der Waals surface area contributed by atoms with Crippen LogP contribution in [0.25, 0.3) is 10.9 Å². The van der Waals surface area contributed by atoms with Gasteiger partial charge in [-0.25, -0.2) is 0 Å². The van der Waals surface area contributed by atoms with E-state index in [1.54, 1.807) is 0 Å². The number of aliphatic imine (C=N–C) groups is 1. The lowest BCUT2D eigenvalue weighted by atomic mass is 10.1. The predicted molar refractivity (Wildman–Crippen MR) is 106 cm³/mol. The number of H-pyrrole nitrogens is 1. The van der Waals surface area contributed by atoms with E-state index in [0.717, 1.165) is 30.7 Å². The highest BCUT2D eigenvalue weighted by Gasteiger charge is 2.24. The van der Waals surface area contributed by atoms with Crippen LogP contribution < -0.4 is 10.6 Å². The molecule has 2 atom stereocenters. The van der Waals surface area contributed by atoms with Gasteiger partial charge in [0.1, 0.15) is 0 Å². The largest absolute Gasteiger partial charge is 0.361 e. The molecule has 24 heavy (non-hydrogen) atoms. The summed E-state index contributed by atoms with van der Waals surface area (Å²) in [5, 5.41) is 9.11. The van der Waals surface area contributed by atoms with Gasteiger partial charge in [-0.05, 0) is 50.5 Å². The van der Waals surface area contributed by atoms with Crippen LogP contribution in [0.1, 0.15) is 31.7 Å². The number of fused-ring (bicyclic) bond motifs is 1. The molecule has 1 aromatic carbocycles. The maximum Gasteiger partial charge on any atom is 0.191 e. The van der Waals surface area contributed by atoms with Crippen molar-refractivity contribution in [1.29, 1.82) is 0 Å². The summed E-state index contributed by atoms with van der Waals surface area (Å²) >= 11 is 1.99. The lowest BCUT2D eigenvalue weighted by Gasteiger charge is -2.17. The fourth-order valence-corrected chi connectivity index (χ4v) is 4.22. The van der Waals surface area contributed by atoms with Crippen molar-refractivity contribution >= 4 is 28.6 Å². The molecule has 5 heteroatoms. The monoisotopic (exact) mass is 344 g/mol. The standard InChI is InChI=1S/C19H28N4S/c1-3-20-19(23-15-8-9-16(12-15)24-2)21-11-10-14-13-22-18-7-5-4-6-17(14)18/h4-7,13,15-16,22H,3,8-12H2,1-2H3,(H2,20,21,23). The maximum atomic E-state index is 4.78. The number of aromatic nitrogens is 1.